The Morgan fingerprint density at radius 3 is 2.04 bits per heavy atom. The fourth-order valence-electron chi connectivity index (χ4n) is 2.28. The Labute approximate surface area is 166 Å². The van der Waals surface area contributed by atoms with E-state index in [-0.39, 0.29) is 12.5 Å². The van der Waals surface area contributed by atoms with E-state index in [9.17, 15) is 14.4 Å². The summed E-state index contributed by atoms with van der Waals surface area (Å²) >= 11 is 0. The summed E-state index contributed by atoms with van der Waals surface area (Å²) in [5.41, 5.74) is 0.601. The molecule has 1 aromatic carbocycles. The Morgan fingerprint density at radius 2 is 1.57 bits per heavy atom. The number of ether oxygens (including phenoxy) is 1. The van der Waals surface area contributed by atoms with Gasteiger partial charge in [-0.1, -0.05) is 26.0 Å². The van der Waals surface area contributed by atoms with Gasteiger partial charge in [0.05, 0.1) is 6.61 Å². The molecule has 0 aliphatic carbocycles. The number of benzene rings is 1. The number of anilines is 1. The van der Waals surface area contributed by atoms with Gasteiger partial charge in [0.15, 0.2) is 0 Å². The van der Waals surface area contributed by atoms with Crippen LogP contribution >= 0.6 is 0 Å². The number of hydrogen-bond donors (Lipinski definition) is 4. The zero-order valence-corrected chi connectivity index (χ0v) is 17.3. The normalized spacial score (nSPS) is 13.4. The van der Waals surface area contributed by atoms with Crippen molar-refractivity contribution >= 4 is 23.6 Å². The third-order valence-corrected chi connectivity index (χ3v) is 3.78. The summed E-state index contributed by atoms with van der Waals surface area (Å²) < 4.78 is 5.19. The molecule has 8 heteroatoms. The maximum absolute atomic E-state index is 12.5. The summed E-state index contributed by atoms with van der Waals surface area (Å²) in [6, 6.07) is 5.06. The van der Waals surface area contributed by atoms with Crippen molar-refractivity contribution in [1.29, 1.82) is 0 Å². The van der Waals surface area contributed by atoms with Crippen LogP contribution in [0.4, 0.5) is 10.5 Å². The van der Waals surface area contributed by atoms with E-state index in [2.05, 4.69) is 16.0 Å². The quantitative estimate of drug-likeness (QED) is 0.566. The Morgan fingerprint density at radius 1 is 1.00 bits per heavy atom. The first-order valence-electron chi connectivity index (χ1n) is 9.23. The first-order valence-corrected chi connectivity index (χ1v) is 9.23. The molecule has 0 spiro atoms. The zero-order chi connectivity index (χ0) is 21.5. The number of amides is 3. The molecule has 1 unspecified atom stereocenters. The lowest BCUT2D eigenvalue weighted by Crippen LogP contribution is -2.54. The van der Waals surface area contributed by atoms with Crippen molar-refractivity contribution in [3.63, 3.8) is 0 Å². The highest BCUT2D eigenvalue weighted by Gasteiger charge is 2.28. The van der Waals surface area contributed by atoms with Gasteiger partial charge in [-0.05, 0) is 51.3 Å². The van der Waals surface area contributed by atoms with Gasteiger partial charge in [-0.15, -0.1) is 0 Å². The molecule has 156 valence electrons. The van der Waals surface area contributed by atoms with Crippen molar-refractivity contribution in [1.82, 2.24) is 10.6 Å². The van der Waals surface area contributed by atoms with Gasteiger partial charge in [0.2, 0.25) is 11.8 Å². The van der Waals surface area contributed by atoms with Gasteiger partial charge in [-0.2, -0.15) is 0 Å². The van der Waals surface area contributed by atoms with Crippen LogP contribution in [-0.2, 0) is 20.9 Å². The Hall–Kier alpha value is -2.61. The van der Waals surface area contributed by atoms with E-state index in [1.54, 1.807) is 65.8 Å². The summed E-state index contributed by atoms with van der Waals surface area (Å²) in [5, 5.41) is 16.9. The predicted octanol–water partition coefficient (Wildman–Crippen LogP) is 2.17. The molecule has 0 aliphatic heterocycles. The predicted molar refractivity (Wildman–Crippen MR) is 107 cm³/mol. The maximum Gasteiger partial charge on any atom is 0.408 e. The van der Waals surface area contributed by atoms with Crippen LogP contribution in [0, 0.1) is 5.92 Å². The van der Waals surface area contributed by atoms with Crippen molar-refractivity contribution < 1.29 is 24.2 Å². The average Bonchev–Trinajstić information content (AvgIpc) is 2.58. The fraction of sp³-hybridized carbons (Fsp3) is 0.550. The molecule has 1 rings (SSSR count). The van der Waals surface area contributed by atoms with Crippen LogP contribution in [0.5, 0.6) is 0 Å². The SMILES string of the molecule is CC(C)C(NC(=O)OC(C)(C)C)C(=O)N[C@@H](C)C(=O)Nc1ccc(CO)cc1. The lowest BCUT2D eigenvalue weighted by molar-refractivity contribution is -0.128. The van der Waals surface area contributed by atoms with Gasteiger partial charge in [-0.3, -0.25) is 9.59 Å². The Balaban J connectivity index is 2.67. The van der Waals surface area contributed by atoms with E-state index < -0.39 is 35.6 Å². The van der Waals surface area contributed by atoms with Crippen molar-refractivity contribution in [2.45, 2.75) is 65.8 Å². The zero-order valence-electron chi connectivity index (χ0n) is 17.3. The van der Waals surface area contributed by atoms with Crippen molar-refractivity contribution in [2.75, 3.05) is 5.32 Å². The highest BCUT2D eigenvalue weighted by atomic mass is 16.6. The molecule has 0 aliphatic rings. The molecule has 8 nitrogen and oxygen atoms in total. The van der Waals surface area contributed by atoms with E-state index in [1.807, 2.05) is 0 Å². The second kappa shape index (κ2) is 10.1. The summed E-state index contributed by atoms with van der Waals surface area (Å²) in [5.74, 6) is -1.07. The van der Waals surface area contributed by atoms with Crippen LogP contribution in [0.1, 0.15) is 47.1 Å². The molecular weight excluding hydrogens is 362 g/mol. The van der Waals surface area contributed by atoms with Crippen molar-refractivity contribution in [2.24, 2.45) is 5.92 Å². The summed E-state index contributed by atoms with van der Waals surface area (Å²) in [6.45, 7) is 10.2. The second-order valence-electron chi connectivity index (χ2n) is 7.94. The molecule has 28 heavy (non-hydrogen) atoms. The van der Waals surface area contributed by atoms with E-state index in [0.717, 1.165) is 5.56 Å². The fourth-order valence-corrected chi connectivity index (χ4v) is 2.28. The number of aliphatic hydroxyl groups is 1. The van der Waals surface area contributed by atoms with Crippen LogP contribution in [-0.4, -0.2) is 40.7 Å². The van der Waals surface area contributed by atoms with E-state index in [0.29, 0.717) is 5.69 Å². The number of rotatable bonds is 7. The third-order valence-electron chi connectivity index (χ3n) is 3.78. The number of hydrogen-bond acceptors (Lipinski definition) is 5. The number of carbonyl (C=O) groups excluding carboxylic acids is 3. The largest absolute Gasteiger partial charge is 0.444 e. The molecule has 1 aromatic rings. The van der Waals surface area contributed by atoms with Crippen molar-refractivity contribution in [3.8, 4) is 0 Å². The number of alkyl carbamates (subject to hydrolysis) is 1. The molecule has 0 saturated heterocycles. The van der Waals surface area contributed by atoms with Gasteiger partial charge in [0, 0.05) is 5.69 Å². The molecule has 0 bridgehead atoms. The molecule has 0 radical (unpaired) electrons. The topological polar surface area (TPSA) is 117 Å². The highest BCUT2D eigenvalue weighted by Crippen LogP contribution is 2.11. The van der Waals surface area contributed by atoms with Gasteiger partial charge >= 0.3 is 6.09 Å². The Kier molecular flexibility index (Phi) is 8.43. The molecule has 2 atom stereocenters. The highest BCUT2D eigenvalue weighted by molar-refractivity contribution is 5.98. The Bertz CT molecular complexity index is 680. The first kappa shape index (κ1) is 23.4. The van der Waals surface area contributed by atoms with Gasteiger partial charge in [-0.25, -0.2) is 4.79 Å². The minimum Gasteiger partial charge on any atom is -0.444 e. The molecule has 0 aromatic heterocycles. The van der Waals surface area contributed by atoms with Crippen LogP contribution in [0.3, 0.4) is 0 Å². The van der Waals surface area contributed by atoms with E-state index in [4.69, 9.17) is 9.84 Å². The molecular formula is C20H31N3O5. The first-order chi connectivity index (χ1) is 12.9. The molecule has 0 fully saturated rings. The molecule has 0 saturated carbocycles. The lowest BCUT2D eigenvalue weighted by Gasteiger charge is -2.26. The minimum absolute atomic E-state index is 0.0814. The maximum atomic E-state index is 12.5. The smallest absolute Gasteiger partial charge is 0.408 e. The van der Waals surface area contributed by atoms with Gasteiger partial charge < -0.3 is 25.8 Å². The molecule has 0 heterocycles. The second-order valence-corrected chi connectivity index (χ2v) is 7.94. The van der Waals surface area contributed by atoms with E-state index >= 15 is 0 Å². The monoisotopic (exact) mass is 393 g/mol. The summed E-state index contributed by atoms with van der Waals surface area (Å²) in [6.07, 6.45) is -0.692. The van der Waals surface area contributed by atoms with Crippen LogP contribution in [0.25, 0.3) is 0 Å². The van der Waals surface area contributed by atoms with E-state index in [1.165, 1.54) is 0 Å². The number of aliphatic hydroxyl groups excluding tert-OH is 1. The minimum atomic E-state index is -0.839. The number of nitrogens with one attached hydrogen (secondary N) is 3. The number of carbonyl (C=O) groups is 3. The van der Waals surface area contributed by atoms with Crippen LogP contribution in [0.2, 0.25) is 0 Å². The average molecular weight is 393 g/mol. The summed E-state index contributed by atoms with van der Waals surface area (Å²) in [4.78, 5) is 36.8. The molecule has 4 N–H and O–H groups in total. The van der Waals surface area contributed by atoms with Crippen LogP contribution < -0.4 is 16.0 Å². The van der Waals surface area contributed by atoms with Gasteiger partial charge in [0.25, 0.3) is 0 Å². The standard InChI is InChI=1S/C20H31N3O5/c1-12(2)16(23-19(27)28-20(4,5)6)18(26)21-13(3)17(25)22-15-9-7-14(11-24)8-10-15/h7-10,12-13,16,24H,11H2,1-6H3,(H,21,26)(H,22,25)(H,23,27)/t13-,16?/m0/s1. The van der Waals surface area contributed by atoms with Crippen LogP contribution in [0.15, 0.2) is 24.3 Å². The lowest BCUT2D eigenvalue weighted by atomic mass is 10.0. The summed E-state index contributed by atoms with van der Waals surface area (Å²) in [7, 11) is 0. The van der Waals surface area contributed by atoms with Crippen molar-refractivity contribution in [3.05, 3.63) is 29.8 Å². The molecule has 3 amide bonds. The van der Waals surface area contributed by atoms with Gasteiger partial charge in [0.1, 0.15) is 17.7 Å². The third kappa shape index (κ3) is 7.96.